The van der Waals surface area contributed by atoms with Crippen LogP contribution in [-0.4, -0.2) is 91.1 Å². The van der Waals surface area contributed by atoms with E-state index < -0.39 is 24.1 Å². The van der Waals surface area contributed by atoms with Gasteiger partial charge in [0.05, 0.1) is 32.4 Å². The molecule has 0 saturated carbocycles. The Morgan fingerprint density at radius 1 is 1.11 bits per heavy atom. The maximum absolute atomic E-state index is 13.5. The van der Waals surface area contributed by atoms with Gasteiger partial charge in [0.15, 0.2) is 0 Å². The molecule has 2 aromatic carbocycles. The lowest BCUT2D eigenvalue weighted by Gasteiger charge is -2.42. The van der Waals surface area contributed by atoms with E-state index in [1.165, 1.54) is 7.11 Å². The summed E-state index contributed by atoms with van der Waals surface area (Å²) in [5.41, 5.74) is 4.52. The first kappa shape index (κ1) is 32.8. The van der Waals surface area contributed by atoms with Crippen LogP contribution < -0.4 is 4.74 Å². The van der Waals surface area contributed by atoms with Crippen molar-refractivity contribution in [1.29, 1.82) is 0 Å². The molecule has 1 unspecified atom stereocenters. The summed E-state index contributed by atoms with van der Waals surface area (Å²) in [6.45, 7) is 12.1. The molecule has 11 heteroatoms. The molecule has 1 atom stereocenters. The Morgan fingerprint density at radius 3 is 2.49 bits per heavy atom. The van der Waals surface area contributed by atoms with Crippen molar-refractivity contribution in [3.63, 3.8) is 0 Å². The van der Waals surface area contributed by atoms with E-state index in [0.29, 0.717) is 50.7 Å². The van der Waals surface area contributed by atoms with E-state index in [1.54, 1.807) is 21.7 Å². The highest BCUT2D eigenvalue weighted by Crippen LogP contribution is 2.36. The first-order chi connectivity index (χ1) is 21.4. The van der Waals surface area contributed by atoms with Gasteiger partial charge in [-0.05, 0) is 74.6 Å². The summed E-state index contributed by atoms with van der Waals surface area (Å²) in [5, 5.41) is 0.960. The summed E-state index contributed by atoms with van der Waals surface area (Å²) in [4.78, 5) is 29.8. The second kappa shape index (κ2) is 13.4. The van der Waals surface area contributed by atoms with Crippen molar-refractivity contribution >= 4 is 23.0 Å². The predicted octanol–water partition coefficient (Wildman–Crippen LogP) is 5.98. The van der Waals surface area contributed by atoms with Gasteiger partial charge in [0.25, 0.3) is 6.43 Å². The number of esters is 1. The maximum Gasteiger partial charge on any atom is 0.418 e. The van der Waals surface area contributed by atoms with Crippen LogP contribution in [0.3, 0.4) is 0 Å². The van der Waals surface area contributed by atoms with Gasteiger partial charge in [-0.2, -0.15) is 0 Å². The number of methoxy groups -OCH3 is 1. The Balaban J connectivity index is 1.54. The van der Waals surface area contributed by atoms with Gasteiger partial charge in [0, 0.05) is 43.8 Å². The Hall–Kier alpha value is -3.54. The third-order valence-corrected chi connectivity index (χ3v) is 8.36. The van der Waals surface area contributed by atoms with Gasteiger partial charge in [-0.25, -0.2) is 18.4 Å². The smallest absolute Gasteiger partial charge is 0.418 e. The number of ether oxygens (including phenoxy) is 4. The number of hydrogen-bond acceptors (Lipinski definition) is 8. The lowest BCUT2D eigenvalue weighted by molar-refractivity contribution is -0.0800. The molecule has 0 N–H and O–H groups in total. The number of carbonyl (C=O) groups is 2. The Kier molecular flexibility index (Phi) is 9.81. The number of aryl methyl sites for hydroxylation is 2. The molecule has 9 nitrogen and oxygen atoms in total. The van der Waals surface area contributed by atoms with E-state index >= 15 is 0 Å². The summed E-state index contributed by atoms with van der Waals surface area (Å²) < 4.78 is 50.7. The first-order valence-electron chi connectivity index (χ1n) is 15.5. The second-order valence-corrected chi connectivity index (χ2v) is 12.8. The average Bonchev–Trinajstić information content (AvgIpc) is 3.41. The number of fused-ring (bicyclic) bond motifs is 1. The van der Waals surface area contributed by atoms with Crippen LogP contribution in [-0.2, 0) is 27.2 Å². The monoisotopic (exact) mass is 627 g/mol. The molecule has 0 aliphatic carbocycles. The third kappa shape index (κ3) is 7.31. The third-order valence-electron chi connectivity index (χ3n) is 8.36. The molecule has 244 valence electrons. The molecule has 3 aromatic rings. The molecule has 2 fully saturated rings. The zero-order chi connectivity index (χ0) is 32.5. The minimum atomic E-state index is -2.45. The van der Waals surface area contributed by atoms with Crippen molar-refractivity contribution in [3.8, 4) is 5.75 Å². The van der Waals surface area contributed by atoms with Gasteiger partial charge in [0.2, 0.25) is 0 Å². The minimum absolute atomic E-state index is 0.177. The van der Waals surface area contributed by atoms with Crippen molar-refractivity contribution in [3.05, 3.63) is 64.3 Å². The molecule has 0 bridgehead atoms. The molecule has 0 spiro atoms. The summed E-state index contributed by atoms with van der Waals surface area (Å²) >= 11 is 0. The minimum Gasteiger partial charge on any atom is -0.485 e. The molecule has 0 amide bonds. The molecule has 1 aromatic heterocycles. The Labute approximate surface area is 263 Å². The van der Waals surface area contributed by atoms with E-state index in [4.69, 9.17) is 18.9 Å². The molecule has 45 heavy (non-hydrogen) atoms. The molecule has 3 heterocycles. The molecule has 2 saturated heterocycles. The lowest BCUT2D eigenvalue weighted by Crippen LogP contribution is -2.49. The van der Waals surface area contributed by atoms with Crippen LogP contribution in [0.2, 0.25) is 0 Å². The molecule has 5 rings (SSSR count). The first-order valence-corrected chi connectivity index (χ1v) is 15.5. The van der Waals surface area contributed by atoms with E-state index in [0.717, 1.165) is 39.6 Å². The van der Waals surface area contributed by atoms with Crippen molar-refractivity contribution in [2.45, 2.75) is 71.8 Å². The highest BCUT2D eigenvalue weighted by Gasteiger charge is 2.33. The molecular formula is C34H43F2N3O6. The summed E-state index contributed by atoms with van der Waals surface area (Å²) in [5.74, 6) is -0.124. The van der Waals surface area contributed by atoms with Gasteiger partial charge < -0.3 is 18.9 Å². The summed E-state index contributed by atoms with van der Waals surface area (Å²) in [6.07, 6.45) is -0.526. The van der Waals surface area contributed by atoms with Gasteiger partial charge in [-0.1, -0.05) is 19.1 Å². The van der Waals surface area contributed by atoms with E-state index in [-0.39, 0.29) is 18.7 Å². The number of carbonyl (C=O) groups excluding carboxylic acids is 2. The summed E-state index contributed by atoms with van der Waals surface area (Å²) in [7, 11) is 1.32. The lowest BCUT2D eigenvalue weighted by atomic mass is 9.94. The maximum atomic E-state index is 13.5. The van der Waals surface area contributed by atoms with Crippen LogP contribution in [0.4, 0.5) is 13.6 Å². The normalized spacial score (nSPS) is 18.3. The van der Waals surface area contributed by atoms with E-state index in [1.807, 2.05) is 45.9 Å². The quantitative estimate of drug-likeness (QED) is 0.268. The number of aromatic nitrogens is 1. The van der Waals surface area contributed by atoms with Gasteiger partial charge in [0.1, 0.15) is 23.0 Å². The predicted molar refractivity (Wildman–Crippen MR) is 166 cm³/mol. The van der Waals surface area contributed by atoms with Crippen molar-refractivity contribution in [1.82, 2.24) is 14.4 Å². The SMILES string of the molecule is CCc1cc(C)c2c(ccn2C(=O)OC(C)(C)C)c1CN1CCN(CC(F)F)CC1c1ccc(C(=O)OC)c(OC2COC2)c1. The largest absolute Gasteiger partial charge is 0.485 e. The number of hydrogen-bond donors (Lipinski definition) is 0. The molecule has 2 aliphatic heterocycles. The fraction of sp³-hybridized carbons (Fsp3) is 0.529. The highest BCUT2D eigenvalue weighted by molar-refractivity contribution is 5.94. The number of halogens is 2. The Morgan fingerprint density at radius 2 is 1.87 bits per heavy atom. The number of alkyl halides is 2. The molecular weight excluding hydrogens is 584 g/mol. The number of rotatable bonds is 9. The van der Waals surface area contributed by atoms with Gasteiger partial charge >= 0.3 is 12.1 Å². The number of nitrogens with zero attached hydrogens (tertiary/aromatic N) is 3. The standard InChI is InChI=1S/C34H43F2N3O6/c1-7-22-14-21(2)31-25(10-11-39(31)33(41)45-34(3,4)5)27(22)16-38-13-12-37(18-30(35)36)17-28(38)23-8-9-26(32(40)42-6)29(15-23)44-24-19-43-20-24/h8-11,14-15,24,28,30H,7,12-13,16-20H2,1-6H3. The van der Waals surface area contributed by atoms with Gasteiger partial charge in [-0.3, -0.25) is 14.4 Å². The summed E-state index contributed by atoms with van der Waals surface area (Å²) in [6, 6.07) is 9.18. The highest BCUT2D eigenvalue weighted by atomic mass is 19.3. The van der Waals surface area contributed by atoms with Crippen LogP contribution in [0, 0.1) is 6.92 Å². The van der Waals surface area contributed by atoms with Crippen LogP contribution in [0.5, 0.6) is 5.75 Å². The zero-order valence-electron chi connectivity index (χ0n) is 26.9. The number of piperazine rings is 1. The fourth-order valence-electron chi connectivity index (χ4n) is 6.16. The van der Waals surface area contributed by atoms with Crippen LogP contribution in [0.15, 0.2) is 36.5 Å². The van der Waals surface area contributed by atoms with Crippen LogP contribution in [0.25, 0.3) is 10.9 Å². The van der Waals surface area contributed by atoms with E-state index in [9.17, 15) is 18.4 Å². The average molecular weight is 628 g/mol. The van der Waals surface area contributed by atoms with Crippen LogP contribution >= 0.6 is 0 Å². The van der Waals surface area contributed by atoms with E-state index in [2.05, 4.69) is 17.9 Å². The zero-order valence-corrected chi connectivity index (χ0v) is 26.9. The topological polar surface area (TPSA) is 82.5 Å². The van der Waals surface area contributed by atoms with Crippen molar-refractivity contribution < 1.29 is 37.3 Å². The number of benzene rings is 2. The fourth-order valence-corrected chi connectivity index (χ4v) is 6.16. The molecule has 2 aliphatic rings. The molecule has 0 radical (unpaired) electrons. The van der Waals surface area contributed by atoms with Crippen molar-refractivity contribution in [2.75, 3.05) is 46.5 Å². The second-order valence-electron chi connectivity index (χ2n) is 12.8. The Bertz CT molecular complexity index is 1540. The van der Waals surface area contributed by atoms with Crippen LogP contribution in [0.1, 0.15) is 66.3 Å². The van der Waals surface area contributed by atoms with Gasteiger partial charge in [-0.15, -0.1) is 0 Å². The van der Waals surface area contributed by atoms with Crippen molar-refractivity contribution in [2.24, 2.45) is 0 Å².